The minimum absolute atomic E-state index is 0.901. The van der Waals surface area contributed by atoms with Crippen LogP contribution in [-0.4, -0.2) is 0 Å². The smallest absolute Gasteiger partial charge is 0.143 e. The van der Waals surface area contributed by atoms with Crippen LogP contribution in [-0.2, 0) is 0 Å². The Labute approximate surface area is 251 Å². The second-order valence-corrected chi connectivity index (χ2v) is 11.7. The summed E-state index contributed by atoms with van der Waals surface area (Å²) >= 11 is 0. The van der Waals surface area contributed by atoms with E-state index in [1.165, 1.54) is 49.0 Å². The molecule has 0 fully saturated rings. The summed E-state index contributed by atoms with van der Waals surface area (Å²) in [5.74, 6) is 0. The van der Waals surface area contributed by atoms with Crippen molar-refractivity contribution < 1.29 is 4.42 Å². The summed E-state index contributed by atoms with van der Waals surface area (Å²) < 4.78 is 6.61. The van der Waals surface area contributed by atoms with Crippen LogP contribution in [0.5, 0.6) is 0 Å². The monoisotopic (exact) mass is 550 g/mol. The topological polar surface area (TPSA) is 13.1 Å². The molecule has 1 nitrogen and oxygen atoms in total. The van der Waals surface area contributed by atoms with Gasteiger partial charge in [-0.1, -0.05) is 121 Å². The first-order valence-corrected chi connectivity index (χ1v) is 14.7. The third-order valence-corrected chi connectivity index (χ3v) is 8.81. The van der Waals surface area contributed by atoms with Crippen LogP contribution < -0.4 is 0 Å². The lowest BCUT2D eigenvalue weighted by Gasteiger charge is -2.20. The van der Waals surface area contributed by atoms with Crippen molar-refractivity contribution in [3.8, 4) is 22.3 Å². The van der Waals surface area contributed by atoms with E-state index in [2.05, 4.69) is 142 Å². The number of para-hydroxylation sites is 2. The lowest BCUT2D eigenvalue weighted by Crippen LogP contribution is -1.94. The highest BCUT2D eigenvalue weighted by Crippen LogP contribution is 2.47. The number of allylic oxidation sites excluding steroid dienone is 2. The molecule has 43 heavy (non-hydrogen) atoms. The van der Waals surface area contributed by atoms with Gasteiger partial charge in [-0.2, -0.15) is 0 Å². The first-order chi connectivity index (χ1) is 21.0. The number of rotatable bonds is 4. The van der Waals surface area contributed by atoms with Gasteiger partial charge < -0.3 is 4.42 Å². The fourth-order valence-corrected chi connectivity index (χ4v) is 6.65. The maximum Gasteiger partial charge on any atom is 0.143 e. The standard InChI is InChI=1S/C42H30O/c1-25(2)28-19-21-34-37(23-28)40(31-17-16-27-10-5-6-11-30(27)22-31)33-20-18-29(26(3)4)24-38(33)41(34)36-14-9-13-35-32-12-7-8-15-39(32)43-42(35)36/h5-24H,1,3H2,2,4H3. The highest BCUT2D eigenvalue weighted by Gasteiger charge is 2.21. The van der Waals surface area contributed by atoms with Crippen molar-refractivity contribution in [3.05, 3.63) is 146 Å². The Bertz CT molecular complexity index is 2450. The van der Waals surface area contributed by atoms with Crippen molar-refractivity contribution in [1.29, 1.82) is 0 Å². The molecule has 0 saturated carbocycles. The lowest BCUT2D eigenvalue weighted by atomic mass is 9.83. The summed E-state index contributed by atoms with van der Waals surface area (Å²) in [6.45, 7) is 12.7. The molecule has 0 spiro atoms. The third-order valence-electron chi connectivity index (χ3n) is 8.81. The average Bonchev–Trinajstić information content (AvgIpc) is 3.42. The Morgan fingerprint density at radius 1 is 0.488 bits per heavy atom. The van der Waals surface area contributed by atoms with Crippen LogP contribution in [0.4, 0.5) is 0 Å². The maximum atomic E-state index is 6.61. The molecule has 1 heteroatoms. The van der Waals surface area contributed by atoms with E-state index in [9.17, 15) is 0 Å². The van der Waals surface area contributed by atoms with Gasteiger partial charge in [-0.3, -0.25) is 0 Å². The third kappa shape index (κ3) is 3.93. The quantitative estimate of drug-likeness (QED) is 0.199. The Kier molecular flexibility index (Phi) is 5.64. The Hall–Kier alpha value is -5.40. The van der Waals surface area contributed by atoms with Gasteiger partial charge in [-0.25, -0.2) is 0 Å². The molecule has 8 aromatic rings. The van der Waals surface area contributed by atoms with Crippen molar-refractivity contribution in [3.63, 3.8) is 0 Å². The Balaban J connectivity index is 1.58. The van der Waals surface area contributed by atoms with Crippen LogP contribution in [0, 0.1) is 0 Å². The van der Waals surface area contributed by atoms with E-state index < -0.39 is 0 Å². The summed E-state index contributed by atoms with van der Waals surface area (Å²) in [7, 11) is 0. The number of fused-ring (bicyclic) bond motifs is 6. The predicted molar refractivity (Wildman–Crippen MR) is 187 cm³/mol. The first-order valence-electron chi connectivity index (χ1n) is 14.7. The van der Waals surface area contributed by atoms with Crippen molar-refractivity contribution in [1.82, 2.24) is 0 Å². The van der Waals surface area contributed by atoms with Gasteiger partial charge in [0.25, 0.3) is 0 Å². The molecule has 0 aliphatic rings. The molecule has 7 aromatic carbocycles. The van der Waals surface area contributed by atoms with Gasteiger partial charge in [0.1, 0.15) is 11.2 Å². The molecule has 0 radical (unpaired) electrons. The second kappa shape index (κ2) is 9.58. The highest BCUT2D eigenvalue weighted by atomic mass is 16.3. The molecule has 0 unspecified atom stereocenters. The summed E-state index contributed by atoms with van der Waals surface area (Å²) in [6, 6.07) is 43.8. The average molecular weight is 551 g/mol. The fraction of sp³-hybridized carbons (Fsp3) is 0.0476. The van der Waals surface area contributed by atoms with Crippen molar-refractivity contribution in [2.75, 3.05) is 0 Å². The van der Waals surface area contributed by atoms with Gasteiger partial charge >= 0.3 is 0 Å². The molecule has 0 saturated heterocycles. The molecule has 0 atom stereocenters. The predicted octanol–water partition coefficient (Wildman–Crippen LogP) is 12.4. The van der Waals surface area contributed by atoms with Gasteiger partial charge in [-0.15, -0.1) is 0 Å². The van der Waals surface area contributed by atoms with Gasteiger partial charge in [0.05, 0.1) is 0 Å². The number of furan rings is 1. The van der Waals surface area contributed by atoms with E-state index >= 15 is 0 Å². The fourth-order valence-electron chi connectivity index (χ4n) is 6.65. The molecule has 0 aliphatic heterocycles. The van der Waals surface area contributed by atoms with E-state index in [0.717, 1.165) is 49.8 Å². The molecule has 0 N–H and O–H groups in total. The van der Waals surface area contributed by atoms with E-state index in [1.807, 2.05) is 6.07 Å². The minimum atomic E-state index is 0.901. The van der Waals surface area contributed by atoms with E-state index in [1.54, 1.807) is 0 Å². The number of benzene rings is 7. The normalized spacial score (nSPS) is 11.7. The maximum absolute atomic E-state index is 6.61. The number of hydrogen-bond donors (Lipinski definition) is 0. The second-order valence-electron chi connectivity index (χ2n) is 11.7. The largest absolute Gasteiger partial charge is 0.455 e. The van der Waals surface area contributed by atoms with Crippen LogP contribution in [0.2, 0.25) is 0 Å². The van der Waals surface area contributed by atoms with E-state index in [4.69, 9.17) is 4.42 Å². The minimum Gasteiger partial charge on any atom is -0.455 e. The van der Waals surface area contributed by atoms with Gasteiger partial charge in [0.2, 0.25) is 0 Å². The van der Waals surface area contributed by atoms with Crippen LogP contribution in [0.3, 0.4) is 0 Å². The molecular formula is C42H30O. The van der Waals surface area contributed by atoms with Gasteiger partial charge in [0.15, 0.2) is 0 Å². The molecular weight excluding hydrogens is 520 g/mol. The summed E-state index contributed by atoms with van der Waals surface area (Å²) in [4.78, 5) is 0. The van der Waals surface area contributed by atoms with Gasteiger partial charge in [-0.05, 0) is 92.7 Å². The van der Waals surface area contributed by atoms with Crippen molar-refractivity contribution in [2.24, 2.45) is 0 Å². The molecule has 1 heterocycles. The zero-order valence-corrected chi connectivity index (χ0v) is 24.4. The van der Waals surface area contributed by atoms with Crippen LogP contribution in [0.1, 0.15) is 25.0 Å². The zero-order valence-electron chi connectivity index (χ0n) is 24.4. The Morgan fingerprint density at radius 2 is 1.12 bits per heavy atom. The number of hydrogen-bond acceptors (Lipinski definition) is 1. The molecule has 1 aromatic heterocycles. The lowest BCUT2D eigenvalue weighted by molar-refractivity contribution is 0.670. The molecule has 0 bridgehead atoms. The van der Waals surface area contributed by atoms with Crippen LogP contribution in [0.25, 0.3) is 87.7 Å². The molecule has 0 aliphatic carbocycles. The highest BCUT2D eigenvalue weighted by molar-refractivity contribution is 6.25. The molecule has 8 rings (SSSR count). The summed E-state index contributed by atoms with van der Waals surface area (Å²) in [5, 5.41) is 9.51. The SMILES string of the molecule is C=C(C)c1ccc2c(-c3cccc4c3oc3ccccc34)c3cc(C(=C)C)ccc3c(-c3ccc4ccccc4c3)c2c1. The zero-order chi connectivity index (χ0) is 29.2. The molecule has 0 amide bonds. The van der Waals surface area contributed by atoms with Crippen molar-refractivity contribution in [2.45, 2.75) is 13.8 Å². The first kappa shape index (κ1) is 25.3. The van der Waals surface area contributed by atoms with Crippen LogP contribution in [0.15, 0.2) is 139 Å². The van der Waals surface area contributed by atoms with Gasteiger partial charge in [0, 0.05) is 21.9 Å². The van der Waals surface area contributed by atoms with E-state index in [-0.39, 0.29) is 0 Å². The summed E-state index contributed by atoms with van der Waals surface area (Å²) in [5.41, 5.74) is 10.9. The molecule has 204 valence electrons. The van der Waals surface area contributed by atoms with Crippen molar-refractivity contribution >= 4 is 65.4 Å². The van der Waals surface area contributed by atoms with Crippen LogP contribution >= 0.6 is 0 Å². The van der Waals surface area contributed by atoms with E-state index in [0.29, 0.717) is 0 Å². The Morgan fingerprint density at radius 3 is 1.86 bits per heavy atom. The summed E-state index contributed by atoms with van der Waals surface area (Å²) in [6.07, 6.45) is 0.